The minimum Gasteiger partial charge on any atom is -0.194 e. The predicted molar refractivity (Wildman–Crippen MR) is 151 cm³/mol. The van der Waals surface area contributed by atoms with Crippen molar-refractivity contribution in [1.82, 2.24) is 0 Å². The zero-order valence-electron chi connectivity index (χ0n) is 20.9. The third-order valence-electron chi connectivity index (χ3n) is 6.90. The first-order valence-corrected chi connectivity index (χ1v) is 13.5. The highest BCUT2D eigenvalue weighted by Gasteiger charge is 2.80. The van der Waals surface area contributed by atoms with Gasteiger partial charge in [-0.2, -0.15) is 26.3 Å². The van der Waals surface area contributed by atoms with Gasteiger partial charge in [-0.25, -0.2) is 0 Å². The standard InChI is InChI=1S/C31H22F6S2/c1-5-19-7-11-21(12-8-19)25-15-23(17(3)38-25)27-28(30(34,35)31(36,37)29(27,32)33)24-16-26(39-18(24)4)22-13-9-20(6-2)10-14-22/h5-16H,1-2H2,3-4H3. The summed E-state index contributed by atoms with van der Waals surface area (Å²) in [5.74, 6) is -15.8. The van der Waals surface area contributed by atoms with Crippen LogP contribution in [0.15, 0.2) is 73.8 Å². The van der Waals surface area contributed by atoms with Gasteiger partial charge >= 0.3 is 17.8 Å². The smallest absolute Gasteiger partial charge is 0.194 e. The molecule has 2 aromatic heterocycles. The Morgan fingerprint density at radius 3 is 1.23 bits per heavy atom. The van der Waals surface area contributed by atoms with Crippen molar-refractivity contribution in [3.63, 3.8) is 0 Å². The molecular weight excluding hydrogens is 550 g/mol. The van der Waals surface area contributed by atoms with Crippen LogP contribution in [0.25, 0.3) is 44.2 Å². The van der Waals surface area contributed by atoms with Crippen LogP contribution in [0.3, 0.4) is 0 Å². The Balaban J connectivity index is 1.73. The van der Waals surface area contributed by atoms with E-state index >= 15 is 17.6 Å². The molecule has 0 saturated heterocycles. The van der Waals surface area contributed by atoms with Gasteiger partial charge in [0, 0.05) is 30.7 Å². The summed E-state index contributed by atoms with van der Waals surface area (Å²) in [5.41, 5.74) is -0.283. The van der Waals surface area contributed by atoms with Crippen LogP contribution < -0.4 is 0 Å². The predicted octanol–water partition coefficient (Wildman–Crippen LogP) is 10.9. The quantitative estimate of drug-likeness (QED) is 0.202. The Hall–Kier alpha value is -3.36. The SMILES string of the molecule is C=Cc1ccc(-c2cc(C3=C(c4cc(-c5ccc(C=C)cc5)sc4C)C(F)(F)C(F)(F)C3(F)F)c(C)s2)cc1. The van der Waals surface area contributed by atoms with Crippen molar-refractivity contribution >= 4 is 46.0 Å². The summed E-state index contributed by atoms with van der Waals surface area (Å²) in [6.45, 7) is 10.3. The summed E-state index contributed by atoms with van der Waals surface area (Å²) in [6.07, 6.45) is 3.28. The molecule has 0 fully saturated rings. The highest BCUT2D eigenvalue weighted by molar-refractivity contribution is 7.16. The van der Waals surface area contributed by atoms with E-state index in [0.717, 1.165) is 33.8 Å². The van der Waals surface area contributed by atoms with Crippen LogP contribution in [0, 0.1) is 13.8 Å². The van der Waals surface area contributed by atoms with Crippen molar-refractivity contribution in [3.8, 4) is 20.9 Å². The highest BCUT2D eigenvalue weighted by atomic mass is 32.1. The maximum atomic E-state index is 15.4. The Morgan fingerprint density at radius 1 is 0.590 bits per heavy atom. The third kappa shape index (κ3) is 4.12. The Morgan fingerprint density at radius 2 is 0.923 bits per heavy atom. The van der Waals surface area contributed by atoms with Crippen molar-refractivity contribution in [3.05, 3.63) is 106 Å². The van der Waals surface area contributed by atoms with Crippen LogP contribution in [-0.4, -0.2) is 17.8 Å². The molecule has 0 bridgehead atoms. The fraction of sp³-hybridized carbons (Fsp3) is 0.161. The molecule has 0 amide bonds. The summed E-state index contributed by atoms with van der Waals surface area (Å²) in [7, 11) is 0. The first kappa shape index (κ1) is 27.2. The van der Waals surface area contributed by atoms with Gasteiger partial charge in [-0.15, -0.1) is 22.7 Å². The van der Waals surface area contributed by atoms with E-state index in [4.69, 9.17) is 0 Å². The van der Waals surface area contributed by atoms with Crippen LogP contribution in [0.5, 0.6) is 0 Å². The maximum Gasteiger partial charge on any atom is 0.380 e. The summed E-state index contributed by atoms with van der Waals surface area (Å²) >= 11 is 2.17. The van der Waals surface area contributed by atoms with Crippen molar-refractivity contribution < 1.29 is 26.3 Å². The van der Waals surface area contributed by atoms with Crippen molar-refractivity contribution in [2.75, 3.05) is 0 Å². The molecule has 0 nitrogen and oxygen atoms in total. The molecule has 2 heterocycles. The molecule has 0 atom stereocenters. The molecule has 0 unspecified atom stereocenters. The van der Waals surface area contributed by atoms with E-state index < -0.39 is 28.9 Å². The van der Waals surface area contributed by atoms with Gasteiger partial charge in [-0.3, -0.25) is 0 Å². The summed E-state index contributed by atoms with van der Waals surface area (Å²) in [5, 5.41) is 0. The second kappa shape index (κ2) is 9.38. The first-order valence-electron chi connectivity index (χ1n) is 11.9. The number of allylic oxidation sites excluding steroid dienone is 2. The van der Waals surface area contributed by atoms with Gasteiger partial charge in [0.25, 0.3) is 0 Å². The molecule has 1 aliphatic carbocycles. The molecule has 1 aliphatic rings. The van der Waals surface area contributed by atoms with Gasteiger partial charge in [0.1, 0.15) is 0 Å². The second-order valence-corrected chi connectivity index (χ2v) is 11.8. The van der Waals surface area contributed by atoms with Gasteiger partial charge in [-0.1, -0.05) is 73.8 Å². The van der Waals surface area contributed by atoms with Crippen LogP contribution in [0.1, 0.15) is 32.0 Å². The lowest BCUT2D eigenvalue weighted by Crippen LogP contribution is -2.48. The number of hydrogen-bond acceptors (Lipinski definition) is 2. The molecule has 4 aromatic rings. The fourth-order valence-electron chi connectivity index (χ4n) is 4.74. The number of rotatable bonds is 6. The van der Waals surface area contributed by atoms with Gasteiger partial charge in [0.2, 0.25) is 0 Å². The molecule has 0 aliphatic heterocycles. The van der Waals surface area contributed by atoms with E-state index in [1.807, 2.05) is 0 Å². The molecule has 200 valence electrons. The fourth-order valence-corrected chi connectivity index (χ4v) is 6.81. The lowest BCUT2D eigenvalue weighted by molar-refractivity contribution is -0.254. The molecule has 8 heteroatoms. The van der Waals surface area contributed by atoms with Gasteiger partial charge in [0.15, 0.2) is 0 Å². The zero-order chi connectivity index (χ0) is 28.3. The second-order valence-electron chi connectivity index (χ2n) is 9.29. The van der Waals surface area contributed by atoms with Crippen molar-refractivity contribution in [1.29, 1.82) is 0 Å². The third-order valence-corrected chi connectivity index (χ3v) is 9.10. The van der Waals surface area contributed by atoms with E-state index in [1.165, 1.54) is 26.0 Å². The molecule has 39 heavy (non-hydrogen) atoms. The molecular formula is C31H22F6S2. The van der Waals surface area contributed by atoms with Crippen LogP contribution in [0.4, 0.5) is 26.3 Å². The van der Waals surface area contributed by atoms with E-state index in [0.29, 0.717) is 20.9 Å². The van der Waals surface area contributed by atoms with Crippen LogP contribution >= 0.6 is 22.7 Å². The largest absolute Gasteiger partial charge is 0.380 e. The number of thiophene rings is 2. The van der Waals surface area contributed by atoms with E-state index in [1.54, 1.807) is 60.7 Å². The number of halogens is 6. The van der Waals surface area contributed by atoms with Crippen LogP contribution in [0.2, 0.25) is 0 Å². The first-order chi connectivity index (χ1) is 18.3. The number of benzene rings is 2. The Bertz CT molecular complexity index is 1500. The number of alkyl halides is 6. The van der Waals surface area contributed by atoms with E-state index in [2.05, 4.69) is 13.2 Å². The summed E-state index contributed by atoms with van der Waals surface area (Å²) in [6, 6.07) is 16.7. The lowest BCUT2D eigenvalue weighted by atomic mass is 9.94. The summed E-state index contributed by atoms with van der Waals surface area (Å²) < 4.78 is 91.6. The van der Waals surface area contributed by atoms with Gasteiger partial charge in [-0.05, 0) is 59.4 Å². The minimum atomic E-state index is -5.61. The molecule has 0 saturated carbocycles. The van der Waals surface area contributed by atoms with Crippen molar-refractivity contribution in [2.45, 2.75) is 31.6 Å². The van der Waals surface area contributed by atoms with E-state index in [-0.39, 0.29) is 20.9 Å². The highest BCUT2D eigenvalue weighted by Crippen LogP contribution is 2.66. The van der Waals surface area contributed by atoms with Crippen LogP contribution in [-0.2, 0) is 0 Å². The Labute approximate surface area is 230 Å². The molecule has 0 N–H and O–H groups in total. The van der Waals surface area contributed by atoms with Crippen molar-refractivity contribution in [2.24, 2.45) is 0 Å². The average molecular weight is 573 g/mol. The number of aryl methyl sites for hydroxylation is 2. The minimum absolute atomic E-state index is 0.242. The molecule has 2 aromatic carbocycles. The van der Waals surface area contributed by atoms with Gasteiger partial charge in [0.05, 0.1) is 0 Å². The molecule has 5 rings (SSSR count). The molecule has 0 radical (unpaired) electrons. The average Bonchev–Trinajstić information content (AvgIpc) is 3.51. The zero-order valence-corrected chi connectivity index (χ0v) is 22.6. The Kier molecular flexibility index (Phi) is 6.55. The van der Waals surface area contributed by atoms with E-state index in [9.17, 15) is 8.78 Å². The number of hydrogen-bond donors (Lipinski definition) is 0. The summed E-state index contributed by atoms with van der Waals surface area (Å²) in [4.78, 5) is 1.49. The normalized spacial score (nSPS) is 17.4. The molecule has 0 spiro atoms. The van der Waals surface area contributed by atoms with Gasteiger partial charge < -0.3 is 0 Å². The maximum absolute atomic E-state index is 15.4. The monoisotopic (exact) mass is 572 g/mol. The topological polar surface area (TPSA) is 0 Å². The lowest BCUT2D eigenvalue weighted by Gasteiger charge is -2.25.